The maximum atomic E-state index is 12.5. The molecule has 2 rings (SSSR count). The molecule has 0 bridgehead atoms. The normalized spacial score (nSPS) is 15.9. The highest BCUT2D eigenvalue weighted by molar-refractivity contribution is 6.60. The highest BCUT2D eigenvalue weighted by Crippen LogP contribution is 2.25. The van der Waals surface area contributed by atoms with Gasteiger partial charge in [-0.1, -0.05) is 0 Å². The third-order valence-corrected chi connectivity index (χ3v) is 3.72. The summed E-state index contributed by atoms with van der Waals surface area (Å²) in [5, 5.41) is 27.6. The molecule has 1 heterocycles. The molecule has 1 aliphatic heterocycles. The number of carbonyl (C=O) groups is 1. The Morgan fingerprint density at radius 3 is 2.46 bits per heavy atom. The topological polar surface area (TPSA) is 93.8 Å². The maximum Gasteiger partial charge on any atom is 0.522 e. The summed E-state index contributed by atoms with van der Waals surface area (Å²) in [5.41, 5.74) is 0.0406. The number of carbonyl (C=O) groups excluding carboxylic acids is 1. The second kappa shape index (κ2) is 7.21. The Bertz CT molecular complexity index is 652. The summed E-state index contributed by atoms with van der Waals surface area (Å²) in [6.45, 7) is 0.112. The number of hydrogen-bond acceptors (Lipinski definition) is 5. The van der Waals surface area contributed by atoms with Crippen molar-refractivity contribution in [1.29, 1.82) is 5.26 Å². The van der Waals surface area contributed by atoms with Gasteiger partial charge in [0.25, 0.3) is 5.91 Å². The Morgan fingerprint density at radius 2 is 1.96 bits per heavy atom. The Labute approximate surface area is 136 Å². The summed E-state index contributed by atoms with van der Waals surface area (Å²) in [6, 6.07) is 5.68. The fraction of sp³-hybridized carbons (Fsp3) is 0.429. The number of halogens is 3. The Morgan fingerprint density at radius 1 is 1.33 bits per heavy atom. The van der Waals surface area contributed by atoms with Crippen LogP contribution >= 0.6 is 0 Å². The summed E-state index contributed by atoms with van der Waals surface area (Å²) in [5.74, 6) is -0.534. The van der Waals surface area contributed by atoms with Crippen LogP contribution < -0.4 is 5.46 Å². The van der Waals surface area contributed by atoms with E-state index in [1.807, 2.05) is 6.07 Å². The van der Waals surface area contributed by atoms with Crippen LogP contribution in [0, 0.1) is 11.3 Å². The first kappa shape index (κ1) is 18.3. The van der Waals surface area contributed by atoms with Crippen LogP contribution in [0.15, 0.2) is 18.2 Å². The number of benzene rings is 1. The first-order valence-corrected chi connectivity index (χ1v) is 7.15. The van der Waals surface area contributed by atoms with E-state index in [2.05, 4.69) is 4.74 Å². The van der Waals surface area contributed by atoms with Crippen LogP contribution in [0.1, 0.15) is 28.8 Å². The van der Waals surface area contributed by atoms with Crippen molar-refractivity contribution in [2.24, 2.45) is 0 Å². The van der Waals surface area contributed by atoms with Crippen molar-refractivity contribution in [3.05, 3.63) is 29.3 Å². The highest BCUT2D eigenvalue weighted by atomic mass is 19.4. The van der Waals surface area contributed by atoms with E-state index in [9.17, 15) is 28.0 Å². The molecule has 1 amide bonds. The van der Waals surface area contributed by atoms with Gasteiger partial charge in [0.1, 0.15) is 0 Å². The second-order valence-corrected chi connectivity index (χ2v) is 5.34. The van der Waals surface area contributed by atoms with Gasteiger partial charge < -0.3 is 14.9 Å². The largest absolute Gasteiger partial charge is 0.522 e. The summed E-state index contributed by atoms with van der Waals surface area (Å²) in [6.07, 6.45) is -5.66. The molecular formula is C14H14BF3N2O4. The van der Waals surface area contributed by atoms with E-state index in [0.717, 1.165) is 0 Å². The molecule has 0 saturated carbocycles. The molecule has 6 nitrogen and oxygen atoms in total. The summed E-state index contributed by atoms with van der Waals surface area (Å²) in [4.78, 5) is 13.8. The third kappa shape index (κ3) is 4.47. The molecule has 1 saturated heterocycles. The van der Waals surface area contributed by atoms with E-state index in [1.54, 1.807) is 0 Å². The van der Waals surface area contributed by atoms with Crippen LogP contribution in [0.3, 0.4) is 0 Å². The average molecular weight is 342 g/mol. The van der Waals surface area contributed by atoms with Gasteiger partial charge in [-0.15, -0.1) is 13.2 Å². The number of nitrogens with zero attached hydrogens (tertiary/aromatic N) is 2. The molecular weight excluding hydrogens is 328 g/mol. The predicted octanol–water partition coefficient (Wildman–Crippen LogP) is 0.379. The molecule has 1 aliphatic rings. The molecule has 128 valence electrons. The molecule has 1 aromatic rings. The van der Waals surface area contributed by atoms with Crippen LogP contribution in [0.2, 0.25) is 0 Å². The fourth-order valence-electron chi connectivity index (χ4n) is 2.58. The quantitative estimate of drug-likeness (QED) is 0.775. The van der Waals surface area contributed by atoms with Gasteiger partial charge in [0.15, 0.2) is 0 Å². The summed E-state index contributed by atoms with van der Waals surface area (Å²) >= 11 is 0. The number of nitriles is 1. The zero-order chi connectivity index (χ0) is 17.9. The number of likely N-dealkylation sites (tertiary alicyclic amines) is 1. The van der Waals surface area contributed by atoms with Crippen molar-refractivity contribution in [2.75, 3.05) is 13.1 Å². The van der Waals surface area contributed by atoms with E-state index < -0.39 is 25.5 Å². The van der Waals surface area contributed by atoms with Crippen molar-refractivity contribution in [1.82, 2.24) is 4.90 Å². The monoisotopic (exact) mass is 342 g/mol. The Hall–Kier alpha value is -2.09. The first-order chi connectivity index (χ1) is 11.2. The molecule has 0 atom stereocenters. The van der Waals surface area contributed by atoms with Gasteiger partial charge in [0.2, 0.25) is 0 Å². The lowest BCUT2D eigenvalue weighted by atomic mass is 9.76. The van der Waals surface area contributed by atoms with E-state index >= 15 is 0 Å². The van der Waals surface area contributed by atoms with Crippen LogP contribution in [0.5, 0.6) is 0 Å². The molecule has 0 spiro atoms. The minimum Gasteiger partial charge on any atom is -0.423 e. The molecule has 1 fully saturated rings. The van der Waals surface area contributed by atoms with Gasteiger partial charge in [0, 0.05) is 18.7 Å². The number of ether oxygens (including phenoxy) is 1. The number of amides is 1. The summed E-state index contributed by atoms with van der Waals surface area (Å²) < 4.78 is 40.5. The number of hydrogen-bond donors (Lipinski definition) is 2. The zero-order valence-electron chi connectivity index (χ0n) is 12.5. The van der Waals surface area contributed by atoms with Gasteiger partial charge >= 0.3 is 13.5 Å². The van der Waals surface area contributed by atoms with Gasteiger partial charge in [-0.05, 0) is 36.5 Å². The number of rotatable bonds is 3. The van der Waals surface area contributed by atoms with E-state index in [4.69, 9.17) is 5.26 Å². The van der Waals surface area contributed by atoms with Crippen LogP contribution in [-0.2, 0) is 4.74 Å². The lowest BCUT2D eigenvalue weighted by Gasteiger charge is -2.32. The first-order valence-electron chi connectivity index (χ1n) is 7.15. The average Bonchev–Trinajstić information content (AvgIpc) is 2.52. The van der Waals surface area contributed by atoms with Gasteiger partial charge in [0.05, 0.1) is 17.7 Å². The predicted molar refractivity (Wildman–Crippen MR) is 77.0 cm³/mol. The molecule has 24 heavy (non-hydrogen) atoms. The van der Waals surface area contributed by atoms with Crippen LogP contribution in [-0.4, -0.2) is 53.5 Å². The lowest BCUT2D eigenvalue weighted by molar-refractivity contribution is -0.345. The van der Waals surface area contributed by atoms with Crippen molar-refractivity contribution in [3.8, 4) is 6.07 Å². The number of alkyl halides is 3. The smallest absolute Gasteiger partial charge is 0.423 e. The third-order valence-electron chi connectivity index (χ3n) is 3.72. The SMILES string of the molecule is N#Cc1ccc(C(=O)N2CCC(OC(F)(F)F)CC2)c(B(O)O)c1. The highest BCUT2D eigenvalue weighted by Gasteiger charge is 2.36. The molecule has 0 unspecified atom stereocenters. The second-order valence-electron chi connectivity index (χ2n) is 5.34. The molecule has 0 radical (unpaired) electrons. The molecule has 1 aromatic carbocycles. The van der Waals surface area contributed by atoms with Crippen molar-refractivity contribution < 1.29 is 32.8 Å². The van der Waals surface area contributed by atoms with Crippen LogP contribution in [0.25, 0.3) is 0 Å². The molecule has 2 N–H and O–H groups in total. The molecule has 0 aliphatic carbocycles. The van der Waals surface area contributed by atoms with E-state index in [1.165, 1.54) is 23.1 Å². The Kier molecular flexibility index (Phi) is 5.49. The van der Waals surface area contributed by atoms with E-state index in [-0.39, 0.29) is 42.5 Å². The lowest BCUT2D eigenvalue weighted by Crippen LogP contribution is -2.45. The zero-order valence-corrected chi connectivity index (χ0v) is 12.5. The van der Waals surface area contributed by atoms with Gasteiger partial charge in [-0.3, -0.25) is 9.53 Å². The maximum absolute atomic E-state index is 12.5. The van der Waals surface area contributed by atoms with Gasteiger partial charge in [-0.25, -0.2) is 0 Å². The molecule has 0 aromatic heterocycles. The van der Waals surface area contributed by atoms with Crippen molar-refractivity contribution in [2.45, 2.75) is 25.3 Å². The minimum atomic E-state index is -4.71. The molecule has 10 heteroatoms. The van der Waals surface area contributed by atoms with Crippen molar-refractivity contribution in [3.63, 3.8) is 0 Å². The Balaban J connectivity index is 2.10. The standard InChI is InChI=1S/C14H14BF3N2O4/c16-14(17,18)24-10-3-5-20(6-4-10)13(21)11-2-1-9(8-19)7-12(11)15(22)23/h1-2,7,10,22-23H,3-6H2. The number of piperidine rings is 1. The summed E-state index contributed by atoms with van der Waals surface area (Å²) in [7, 11) is -1.94. The van der Waals surface area contributed by atoms with Crippen LogP contribution in [0.4, 0.5) is 13.2 Å². The van der Waals surface area contributed by atoms with Crippen molar-refractivity contribution >= 4 is 18.5 Å². The fourth-order valence-corrected chi connectivity index (χ4v) is 2.58. The minimum absolute atomic E-state index is 0.000750. The van der Waals surface area contributed by atoms with E-state index in [0.29, 0.717) is 0 Å². The van der Waals surface area contributed by atoms with Gasteiger partial charge in [-0.2, -0.15) is 5.26 Å².